The summed E-state index contributed by atoms with van der Waals surface area (Å²) < 4.78 is 28.5. The van der Waals surface area contributed by atoms with Crippen molar-refractivity contribution in [3.05, 3.63) is 64.7 Å². The number of carbonyl (C=O) groups is 2. The summed E-state index contributed by atoms with van der Waals surface area (Å²) >= 11 is 7.08. The maximum Gasteiger partial charge on any atom is 0.327 e. The van der Waals surface area contributed by atoms with Gasteiger partial charge in [0.15, 0.2) is 0 Å². The largest absolute Gasteiger partial charge is 0.480 e. The first-order valence-electron chi connectivity index (χ1n) is 10.6. The zero-order valence-corrected chi connectivity index (χ0v) is 21.3. The Hall–Kier alpha value is -2.99. The normalized spacial score (nSPS) is 16.9. The summed E-state index contributed by atoms with van der Waals surface area (Å²) in [6.45, 7) is -0.459. The number of halogens is 1. The third kappa shape index (κ3) is 4.90. The van der Waals surface area contributed by atoms with Crippen molar-refractivity contribution in [3.63, 3.8) is 0 Å². The molecule has 2 N–H and O–H groups in total. The number of piperazine rings is 1. The van der Waals surface area contributed by atoms with Crippen LogP contribution in [0.2, 0.25) is 5.02 Å². The van der Waals surface area contributed by atoms with Crippen LogP contribution >= 0.6 is 22.9 Å². The first-order valence-corrected chi connectivity index (χ1v) is 13.2. The standard InChI is InChI=1S/C23H23ClN4O5S2/c1-26(2)21(25)14-3-5-15(6-4-14)22(29)28-10-9-27(13-18(28)23(30)31)35(32,33)20-11-16-7-8-17(24)12-19(16)34-20/h3-8,11-12,18,25H,9-10,13H2,1-2H3,(H,30,31). The molecule has 0 bridgehead atoms. The van der Waals surface area contributed by atoms with E-state index in [1.807, 2.05) is 0 Å². The zero-order valence-electron chi connectivity index (χ0n) is 18.9. The molecule has 35 heavy (non-hydrogen) atoms. The molecule has 2 aromatic carbocycles. The van der Waals surface area contributed by atoms with Gasteiger partial charge in [-0.05, 0) is 35.7 Å². The Morgan fingerprint density at radius 2 is 1.74 bits per heavy atom. The van der Waals surface area contributed by atoms with E-state index in [1.165, 1.54) is 4.90 Å². The number of aliphatic carboxylic acids is 1. The number of nitrogens with zero attached hydrogens (tertiary/aromatic N) is 3. The summed E-state index contributed by atoms with van der Waals surface area (Å²) in [7, 11) is -0.488. The fraction of sp³-hybridized carbons (Fsp3) is 0.261. The molecule has 184 valence electrons. The summed E-state index contributed by atoms with van der Waals surface area (Å²) in [5.74, 6) is -1.52. The minimum Gasteiger partial charge on any atom is -0.480 e. The summed E-state index contributed by atoms with van der Waals surface area (Å²) in [5, 5.41) is 19.1. The number of amides is 1. The van der Waals surface area contributed by atoms with Crippen LogP contribution in [0.1, 0.15) is 15.9 Å². The molecule has 3 aromatic rings. The van der Waals surface area contributed by atoms with Gasteiger partial charge in [-0.3, -0.25) is 10.2 Å². The molecule has 0 radical (unpaired) electrons. The maximum absolute atomic E-state index is 13.3. The molecule has 2 heterocycles. The molecule has 0 aliphatic carbocycles. The second kappa shape index (κ2) is 9.57. The van der Waals surface area contributed by atoms with Gasteiger partial charge in [0.1, 0.15) is 16.1 Å². The highest BCUT2D eigenvalue weighted by Crippen LogP contribution is 2.33. The Morgan fingerprint density at radius 3 is 2.37 bits per heavy atom. The van der Waals surface area contributed by atoms with E-state index in [0.29, 0.717) is 15.3 Å². The smallest absolute Gasteiger partial charge is 0.327 e. The van der Waals surface area contributed by atoms with Crippen LogP contribution in [-0.4, -0.2) is 85.1 Å². The second-order valence-electron chi connectivity index (χ2n) is 8.28. The lowest BCUT2D eigenvalue weighted by Crippen LogP contribution is -2.59. The Kier molecular flexibility index (Phi) is 6.87. The summed E-state index contributed by atoms with van der Waals surface area (Å²) in [6.07, 6.45) is 0. The molecule has 0 spiro atoms. The highest BCUT2D eigenvalue weighted by Gasteiger charge is 2.40. The van der Waals surface area contributed by atoms with Gasteiger partial charge >= 0.3 is 5.97 Å². The maximum atomic E-state index is 13.3. The number of rotatable bonds is 5. The molecule has 1 aliphatic heterocycles. The van der Waals surface area contributed by atoms with Crippen molar-refractivity contribution in [1.29, 1.82) is 5.41 Å². The summed E-state index contributed by atoms with van der Waals surface area (Å²) in [6, 6.07) is 11.6. The predicted molar refractivity (Wildman–Crippen MR) is 135 cm³/mol. The van der Waals surface area contributed by atoms with Gasteiger partial charge in [-0.25, -0.2) is 13.2 Å². The highest BCUT2D eigenvalue weighted by atomic mass is 35.5. The fourth-order valence-corrected chi connectivity index (χ4v) is 7.13. The van der Waals surface area contributed by atoms with Gasteiger partial charge in [0.25, 0.3) is 15.9 Å². The highest BCUT2D eigenvalue weighted by molar-refractivity contribution is 7.91. The third-order valence-corrected chi connectivity index (χ3v) is 9.44. The number of sulfonamides is 1. The van der Waals surface area contributed by atoms with E-state index in [4.69, 9.17) is 17.0 Å². The number of carboxylic acid groups (broad SMARTS) is 1. The Morgan fingerprint density at radius 1 is 1.09 bits per heavy atom. The zero-order chi connectivity index (χ0) is 25.5. The van der Waals surface area contributed by atoms with Crippen molar-refractivity contribution in [2.45, 2.75) is 10.3 Å². The average Bonchev–Trinajstić information content (AvgIpc) is 3.27. The topological polar surface area (TPSA) is 122 Å². The average molecular weight is 535 g/mol. The number of carboxylic acids is 1. The van der Waals surface area contributed by atoms with Crippen molar-refractivity contribution < 1.29 is 23.1 Å². The molecule has 1 saturated heterocycles. The molecule has 4 rings (SSSR count). The van der Waals surface area contributed by atoms with Gasteiger partial charge in [-0.1, -0.05) is 29.8 Å². The number of hydrogen-bond acceptors (Lipinski definition) is 6. The van der Waals surface area contributed by atoms with E-state index >= 15 is 0 Å². The van der Waals surface area contributed by atoms with E-state index < -0.39 is 27.9 Å². The number of hydrogen-bond donors (Lipinski definition) is 2. The SMILES string of the molecule is CN(C)C(=N)c1ccc(C(=O)N2CCN(S(=O)(=O)c3cc4ccc(Cl)cc4s3)CC2C(=O)O)cc1. The lowest BCUT2D eigenvalue weighted by molar-refractivity contribution is -0.143. The third-order valence-electron chi connectivity index (χ3n) is 5.80. The first-order chi connectivity index (χ1) is 16.5. The van der Waals surface area contributed by atoms with Gasteiger partial charge in [0.05, 0.1) is 0 Å². The van der Waals surface area contributed by atoms with Crippen LogP contribution in [0.3, 0.4) is 0 Å². The van der Waals surface area contributed by atoms with E-state index in [-0.39, 0.29) is 35.2 Å². The van der Waals surface area contributed by atoms with Gasteiger partial charge in [-0.15, -0.1) is 11.3 Å². The van der Waals surface area contributed by atoms with E-state index in [2.05, 4.69) is 0 Å². The molecule has 1 aromatic heterocycles. The molecular weight excluding hydrogens is 512 g/mol. The minimum absolute atomic E-state index is 0.0315. The number of fused-ring (bicyclic) bond motifs is 1. The number of benzene rings is 2. The van der Waals surface area contributed by atoms with Crippen molar-refractivity contribution in [3.8, 4) is 0 Å². The predicted octanol–water partition coefficient (Wildman–Crippen LogP) is 3.04. The van der Waals surface area contributed by atoms with Crippen LogP contribution < -0.4 is 0 Å². The van der Waals surface area contributed by atoms with Crippen LogP contribution in [0.5, 0.6) is 0 Å². The van der Waals surface area contributed by atoms with Crippen molar-refractivity contribution in [2.75, 3.05) is 33.7 Å². The lowest BCUT2D eigenvalue weighted by atomic mass is 10.1. The quantitative estimate of drug-likeness (QED) is 0.383. The molecule has 0 saturated carbocycles. The molecule has 1 aliphatic rings. The van der Waals surface area contributed by atoms with Crippen LogP contribution in [0.4, 0.5) is 0 Å². The first kappa shape index (κ1) is 25.1. The molecule has 12 heteroatoms. The minimum atomic E-state index is -3.96. The van der Waals surface area contributed by atoms with Crippen LogP contribution in [-0.2, 0) is 14.8 Å². The molecule has 1 unspecified atom stereocenters. The Bertz CT molecular complexity index is 1420. The number of nitrogens with one attached hydrogen (secondary N) is 1. The van der Waals surface area contributed by atoms with Crippen molar-refractivity contribution in [1.82, 2.24) is 14.1 Å². The Balaban J connectivity index is 1.56. The van der Waals surface area contributed by atoms with E-state index in [0.717, 1.165) is 21.0 Å². The van der Waals surface area contributed by atoms with E-state index in [1.54, 1.807) is 67.5 Å². The van der Waals surface area contributed by atoms with Crippen LogP contribution in [0.25, 0.3) is 10.1 Å². The monoisotopic (exact) mass is 534 g/mol. The number of carbonyl (C=O) groups excluding carboxylic acids is 1. The van der Waals surface area contributed by atoms with E-state index in [9.17, 15) is 23.1 Å². The molecular formula is C23H23ClN4O5S2. The van der Waals surface area contributed by atoms with Gasteiger partial charge in [-0.2, -0.15) is 4.31 Å². The number of amidine groups is 1. The van der Waals surface area contributed by atoms with Crippen molar-refractivity contribution in [2.24, 2.45) is 0 Å². The van der Waals surface area contributed by atoms with Gasteiger partial charge in [0, 0.05) is 54.6 Å². The van der Waals surface area contributed by atoms with Crippen LogP contribution in [0, 0.1) is 5.41 Å². The Labute approximate surface area is 211 Å². The molecule has 1 amide bonds. The van der Waals surface area contributed by atoms with Gasteiger partial charge < -0.3 is 14.9 Å². The second-order valence-corrected chi connectivity index (χ2v) is 12.0. The summed E-state index contributed by atoms with van der Waals surface area (Å²) in [4.78, 5) is 28.0. The fourth-order valence-electron chi connectivity index (χ4n) is 3.86. The van der Waals surface area contributed by atoms with Gasteiger partial charge in [0.2, 0.25) is 0 Å². The molecule has 1 atom stereocenters. The number of thiophene rings is 1. The molecule has 1 fully saturated rings. The molecule has 9 nitrogen and oxygen atoms in total. The van der Waals surface area contributed by atoms with Crippen molar-refractivity contribution >= 4 is 60.8 Å². The van der Waals surface area contributed by atoms with Crippen LogP contribution in [0.15, 0.2) is 52.7 Å². The summed E-state index contributed by atoms with van der Waals surface area (Å²) in [5.41, 5.74) is 0.881. The lowest BCUT2D eigenvalue weighted by Gasteiger charge is -2.38.